The van der Waals surface area contributed by atoms with Gasteiger partial charge in [0.05, 0.1) is 25.5 Å². The van der Waals surface area contributed by atoms with E-state index in [1.54, 1.807) is 11.8 Å². The van der Waals surface area contributed by atoms with Crippen LogP contribution in [0.15, 0.2) is 21.5 Å². The summed E-state index contributed by atoms with van der Waals surface area (Å²) in [4.78, 5) is 13.1. The fourth-order valence-electron chi connectivity index (χ4n) is 5.03. The monoisotopic (exact) mass is 459 g/mol. The molecule has 32 heavy (non-hydrogen) atoms. The first-order chi connectivity index (χ1) is 15.2. The molecule has 0 saturated heterocycles. The topological polar surface area (TPSA) is 121 Å². The number of nitrogens with two attached hydrogens (primary N) is 1. The second-order valence-corrected chi connectivity index (χ2v) is 11.3. The van der Waals surface area contributed by atoms with E-state index in [2.05, 4.69) is 34.7 Å². The molecule has 0 bridgehead atoms. The third kappa shape index (κ3) is 3.60. The van der Waals surface area contributed by atoms with Crippen molar-refractivity contribution in [3.8, 4) is 5.88 Å². The number of nitrogens with one attached hydrogen (secondary N) is 1. The van der Waals surface area contributed by atoms with Gasteiger partial charge in [-0.1, -0.05) is 19.9 Å². The van der Waals surface area contributed by atoms with Gasteiger partial charge in [-0.05, 0) is 54.4 Å². The molecule has 2 amide bonds. The average Bonchev–Trinajstić information content (AvgIpc) is 3.43. The van der Waals surface area contributed by atoms with E-state index in [0.717, 1.165) is 54.5 Å². The Labute approximate surface area is 188 Å². The Balaban J connectivity index is 1.47. The van der Waals surface area contributed by atoms with Gasteiger partial charge in [0, 0.05) is 18.2 Å². The fourth-order valence-corrected chi connectivity index (χ4v) is 6.03. The maximum atomic E-state index is 13.2. The van der Waals surface area contributed by atoms with Crippen LogP contribution in [0.4, 0.5) is 10.5 Å². The number of carbonyl (C=O) groups excluding carboxylic acids is 1. The summed E-state index contributed by atoms with van der Waals surface area (Å²) >= 11 is 0. The van der Waals surface area contributed by atoms with Gasteiger partial charge in [-0.2, -0.15) is 5.10 Å². The molecule has 1 aromatic heterocycles. The lowest BCUT2D eigenvalue weighted by Gasteiger charge is -2.30. The highest BCUT2D eigenvalue weighted by Gasteiger charge is 2.33. The number of aromatic nitrogens is 2. The molecule has 1 aliphatic heterocycles. The summed E-state index contributed by atoms with van der Waals surface area (Å²) in [6.45, 7) is 5.16. The van der Waals surface area contributed by atoms with E-state index in [1.807, 2.05) is 0 Å². The smallest absolute Gasteiger partial charge is 0.354 e. The Morgan fingerprint density at radius 1 is 1.38 bits per heavy atom. The summed E-state index contributed by atoms with van der Waals surface area (Å²) < 4.78 is 30.1. The Kier molecular flexibility index (Phi) is 5.06. The molecular formula is C22H29N5O4S. The van der Waals surface area contributed by atoms with Gasteiger partial charge in [-0.15, -0.1) is 4.36 Å². The summed E-state index contributed by atoms with van der Waals surface area (Å²) in [5, 5.41) is 13.2. The highest BCUT2D eigenvalue weighted by Crippen LogP contribution is 2.43. The fraction of sp³-hybridized carbons (Fsp3) is 0.545. The van der Waals surface area contributed by atoms with E-state index in [1.165, 1.54) is 11.8 Å². The van der Waals surface area contributed by atoms with Gasteiger partial charge < -0.3 is 14.8 Å². The second-order valence-electron chi connectivity index (χ2n) is 9.59. The molecule has 3 N–H and O–H groups in total. The minimum Gasteiger partial charge on any atom is -0.476 e. The van der Waals surface area contributed by atoms with Crippen molar-refractivity contribution < 1.29 is 18.5 Å². The molecule has 2 aromatic rings. The summed E-state index contributed by atoms with van der Waals surface area (Å²) in [6.07, 6.45) is 6.02. The number of amides is 2. The van der Waals surface area contributed by atoms with Crippen LogP contribution in [0.5, 0.6) is 5.88 Å². The van der Waals surface area contributed by atoms with Crippen LogP contribution < -0.4 is 15.2 Å². The van der Waals surface area contributed by atoms with Gasteiger partial charge in [0.2, 0.25) is 5.88 Å². The molecule has 0 fully saturated rings. The van der Waals surface area contributed by atoms with Crippen molar-refractivity contribution in [3.05, 3.63) is 34.5 Å². The number of carbonyl (C=O) groups is 1. The van der Waals surface area contributed by atoms with Crippen LogP contribution >= 0.6 is 0 Å². The van der Waals surface area contributed by atoms with Crippen LogP contribution in [0.25, 0.3) is 0 Å². The standard InChI is InChI=1S/C22H29N5O4S/c1-22(2)11-27-20(31-12-22)18(10-24-27)32(23,29)26-21(28)25-19-14-6-4-5-13(14)9-16-15(19)7-8-17(16)30-3/h9-10,17H,4-8,11-12H2,1-3H3,(H3,23,25,26,28,29)/t17-,32+/m0/s1. The van der Waals surface area contributed by atoms with Crippen LogP contribution in [0.2, 0.25) is 0 Å². The predicted octanol–water partition coefficient (Wildman–Crippen LogP) is 3.36. The van der Waals surface area contributed by atoms with Gasteiger partial charge in [0.1, 0.15) is 4.90 Å². The minimum atomic E-state index is -3.53. The number of anilines is 1. The number of methoxy groups -OCH3 is 1. The van der Waals surface area contributed by atoms with E-state index < -0.39 is 15.9 Å². The Hall–Kier alpha value is -2.43. The van der Waals surface area contributed by atoms with E-state index in [0.29, 0.717) is 19.0 Å². The SMILES string of the molecule is CO[C@H]1CCc2c1cc1c(c2NC(=O)N=[S@@](N)(=O)c2cnn3c2OCC(C)(C)C3)CCC1. The van der Waals surface area contributed by atoms with Crippen LogP contribution in [0, 0.1) is 5.41 Å². The van der Waals surface area contributed by atoms with E-state index >= 15 is 0 Å². The first-order valence-corrected chi connectivity index (χ1v) is 12.5. The summed E-state index contributed by atoms with van der Waals surface area (Å²) in [5.41, 5.74) is 5.26. The first kappa shape index (κ1) is 21.4. The zero-order valence-corrected chi connectivity index (χ0v) is 19.5. The molecule has 10 heteroatoms. The number of benzene rings is 1. The molecule has 0 unspecified atom stereocenters. The zero-order chi connectivity index (χ0) is 22.7. The van der Waals surface area contributed by atoms with Gasteiger partial charge in [0.25, 0.3) is 0 Å². The molecule has 0 spiro atoms. The molecule has 3 aliphatic rings. The molecule has 5 rings (SSSR count). The van der Waals surface area contributed by atoms with E-state index in [-0.39, 0.29) is 16.4 Å². The molecule has 2 heterocycles. The Morgan fingerprint density at radius 3 is 2.97 bits per heavy atom. The summed E-state index contributed by atoms with van der Waals surface area (Å²) in [6, 6.07) is 1.49. The van der Waals surface area contributed by atoms with Crippen molar-refractivity contribution >= 4 is 21.6 Å². The van der Waals surface area contributed by atoms with Crippen molar-refractivity contribution in [1.29, 1.82) is 0 Å². The number of urea groups is 1. The molecule has 0 saturated carbocycles. The largest absolute Gasteiger partial charge is 0.476 e. The lowest BCUT2D eigenvalue weighted by Crippen LogP contribution is -2.33. The predicted molar refractivity (Wildman–Crippen MR) is 120 cm³/mol. The molecular weight excluding hydrogens is 430 g/mol. The second kappa shape index (κ2) is 7.57. The van der Waals surface area contributed by atoms with E-state index in [9.17, 15) is 9.00 Å². The maximum absolute atomic E-state index is 13.2. The maximum Gasteiger partial charge on any atom is 0.354 e. The molecule has 2 aliphatic carbocycles. The lowest BCUT2D eigenvalue weighted by molar-refractivity contribution is 0.0972. The van der Waals surface area contributed by atoms with Gasteiger partial charge in [-0.25, -0.2) is 18.8 Å². The van der Waals surface area contributed by atoms with E-state index in [4.69, 9.17) is 14.6 Å². The Morgan fingerprint density at radius 2 is 2.19 bits per heavy atom. The highest BCUT2D eigenvalue weighted by molar-refractivity contribution is 7.91. The molecule has 2 atom stereocenters. The minimum absolute atomic E-state index is 0.0302. The van der Waals surface area contributed by atoms with Crippen molar-refractivity contribution in [3.63, 3.8) is 0 Å². The van der Waals surface area contributed by atoms with Gasteiger partial charge >= 0.3 is 6.03 Å². The number of fused-ring (bicyclic) bond motifs is 3. The quantitative estimate of drug-likeness (QED) is 0.729. The summed E-state index contributed by atoms with van der Waals surface area (Å²) in [7, 11) is -1.82. The van der Waals surface area contributed by atoms with Crippen molar-refractivity contribution in [2.45, 2.75) is 63.5 Å². The average molecular weight is 460 g/mol. The van der Waals surface area contributed by atoms with Crippen LogP contribution in [0.3, 0.4) is 0 Å². The molecule has 9 nitrogen and oxygen atoms in total. The molecule has 172 valence electrons. The van der Waals surface area contributed by atoms with Gasteiger partial charge in [0.15, 0.2) is 9.92 Å². The third-order valence-corrected chi connectivity index (χ3v) is 7.88. The first-order valence-electron chi connectivity index (χ1n) is 10.9. The van der Waals surface area contributed by atoms with Crippen LogP contribution in [-0.2, 0) is 40.5 Å². The number of aryl methyl sites for hydroxylation is 1. The van der Waals surface area contributed by atoms with Crippen molar-refractivity contribution in [2.75, 3.05) is 19.0 Å². The van der Waals surface area contributed by atoms with Gasteiger partial charge in [-0.3, -0.25) is 0 Å². The number of rotatable bonds is 3. The molecule has 1 aromatic carbocycles. The lowest BCUT2D eigenvalue weighted by atomic mass is 9.94. The normalized spacial score (nSPS) is 22.3. The van der Waals surface area contributed by atoms with Crippen molar-refractivity contribution in [2.24, 2.45) is 14.9 Å². The van der Waals surface area contributed by atoms with Crippen LogP contribution in [0.1, 0.15) is 55.0 Å². The van der Waals surface area contributed by atoms with Crippen molar-refractivity contribution in [1.82, 2.24) is 9.78 Å². The number of nitrogens with zero attached hydrogens (tertiary/aromatic N) is 3. The zero-order valence-electron chi connectivity index (χ0n) is 18.6. The summed E-state index contributed by atoms with van der Waals surface area (Å²) in [5.74, 6) is 0.317. The highest BCUT2D eigenvalue weighted by atomic mass is 32.2. The number of hydrogen-bond donors (Lipinski definition) is 2. The third-order valence-electron chi connectivity index (χ3n) is 6.53. The Bertz CT molecular complexity index is 1230. The number of hydrogen-bond acceptors (Lipinski definition) is 5. The van der Waals surface area contributed by atoms with Crippen LogP contribution in [-0.4, -0.2) is 33.7 Å². The number of ether oxygens (including phenoxy) is 2. The molecule has 0 radical (unpaired) electrons.